The zero-order chi connectivity index (χ0) is 17.3. The summed E-state index contributed by atoms with van der Waals surface area (Å²) in [5, 5.41) is 0. The van der Waals surface area contributed by atoms with Crippen LogP contribution >= 0.6 is 0 Å². The minimum absolute atomic E-state index is 0.712. The van der Waals surface area contributed by atoms with Crippen molar-refractivity contribution >= 4 is 17.5 Å². The lowest BCUT2D eigenvalue weighted by Crippen LogP contribution is -2.37. The van der Waals surface area contributed by atoms with E-state index in [1.165, 1.54) is 5.56 Å². The molecule has 0 aliphatic carbocycles. The number of hydrogen-bond donors (Lipinski definition) is 0. The van der Waals surface area contributed by atoms with Crippen molar-refractivity contribution in [1.29, 1.82) is 0 Å². The molecule has 0 radical (unpaired) electrons. The SMILES string of the molecule is c1ccc(N2CCc3c(-c4ccoc4)nc(N4CCOCC4)nc32)cc1. The fraction of sp³-hybridized carbons (Fsp3) is 0.300. The summed E-state index contributed by atoms with van der Waals surface area (Å²) in [6.07, 6.45) is 4.38. The smallest absolute Gasteiger partial charge is 0.228 e. The number of ether oxygens (including phenoxy) is 1. The van der Waals surface area contributed by atoms with Crippen molar-refractivity contribution in [3.05, 3.63) is 54.5 Å². The van der Waals surface area contributed by atoms with Crippen molar-refractivity contribution in [3.63, 3.8) is 0 Å². The summed E-state index contributed by atoms with van der Waals surface area (Å²) in [7, 11) is 0. The van der Waals surface area contributed by atoms with Crippen LogP contribution in [0.15, 0.2) is 53.3 Å². The van der Waals surface area contributed by atoms with Crippen LogP contribution in [0.5, 0.6) is 0 Å². The number of para-hydroxylation sites is 1. The Bertz CT molecular complexity index is 890. The number of anilines is 3. The number of benzene rings is 1. The lowest BCUT2D eigenvalue weighted by atomic mass is 10.1. The van der Waals surface area contributed by atoms with Gasteiger partial charge in [-0.3, -0.25) is 0 Å². The summed E-state index contributed by atoms with van der Waals surface area (Å²) < 4.78 is 10.8. The molecule has 26 heavy (non-hydrogen) atoms. The van der Waals surface area contributed by atoms with E-state index in [-0.39, 0.29) is 0 Å². The van der Waals surface area contributed by atoms with Crippen LogP contribution in [0.1, 0.15) is 5.56 Å². The van der Waals surface area contributed by atoms with E-state index in [2.05, 4.69) is 34.1 Å². The molecule has 0 spiro atoms. The summed E-state index contributed by atoms with van der Waals surface area (Å²) in [5.41, 5.74) is 4.33. The topological polar surface area (TPSA) is 54.6 Å². The van der Waals surface area contributed by atoms with Crippen LogP contribution < -0.4 is 9.80 Å². The van der Waals surface area contributed by atoms with Crippen molar-refractivity contribution in [3.8, 4) is 11.3 Å². The normalized spacial score (nSPS) is 16.8. The van der Waals surface area contributed by atoms with Crippen LogP contribution in [-0.4, -0.2) is 42.8 Å². The van der Waals surface area contributed by atoms with Gasteiger partial charge in [0, 0.05) is 36.4 Å². The monoisotopic (exact) mass is 348 g/mol. The summed E-state index contributed by atoms with van der Waals surface area (Å²) in [5.74, 6) is 1.77. The highest BCUT2D eigenvalue weighted by molar-refractivity contribution is 5.76. The lowest BCUT2D eigenvalue weighted by molar-refractivity contribution is 0.122. The highest BCUT2D eigenvalue weighted by Gasteiger charge is 2.29. The molecule has 0 bridgehead atoms. The lowest BCUT2D eigenvalue weighted by Gasteiger charge is -2.28. The predicted octanol–water partition coefficient (Wildman–Crippen LogP) is 3.27. The Labute approximate surface area is 152 Å². The first-order valence-corrected chi connectivity index (χ1v) is 8.99. The van der Waals surface area contributed by atoms with E-state index in [1.807, 2.05) is 12.1 Å². The zero-order valence-electron chi connectivity index (χ0n) is 14.5. The molecule has 2 aliphatic heterocycles. The maximum Gasteiger partial charge on any atom is 0.228 e. The number of aromatic nitrogens is 2. The third-order valence-corrected chi connectivity index (χ3v) is 4.97. The van der Waals surface area contributed by atoms with Crippen LogP contribution in [0.3, 0.4) is 0 Å². The Hall–Kier alpha value is -2.86. The van der Waals surface area contributed by atoms with Gasteiger partial charge in [-0.1, -0.05) is 18.2 Å². The van der Waals surface area contributed by atoms with Gasteiger partial charge in [-0.25, -0.2) is 4.98 Å². The summed E-state index contributed by atoms with van der Waals surface area (Å²) in [6.45, 7) is 3.96. The molecule has 0 amide bonds. The molecule has 132 valence electrons. The van der Waals surface area contributed by atoms with Gasteiger partial charge in [-0.15, -0.1) is 0 Å². The molecule has 6 heteroatoms. The largest absolute Gasteiger partial charge is 0.472 e. The van der Waals surface area contributed by atoms with Gasteiger partial charge in [0.25, 0.3) is 0 Å². The van der Waals surface area contributed by atoms with Crippen LogP contribution in [0.2, 0.25) is 0 Å². The molecule has 6 nitrogen and oxygen atoms in total. The Balaban J connectivity index is 1.64. The van der Waals surface area contributed by atoms with Crippen molar-refractivity contribution in [2.45, 2.75) is 6.42 Å². The standard InChI is InChI=1S/C20H20N4O2/c1-2-4-16(5-3-1)24-8-6-17-18(15-7-11-26-14-15)21-20(22-19(17)24)23-9-12-25-13-10-23/h1-5,7,11,14H,6,8-10,12-13H2. The van der Waals surface area contributed by atoms with Gasteiger partial charge in [-0.2, -0.15) is 4.98 Å². The van der Waals surface area contributed by atoms with Crippen LogP contribution in [0.4, 0.5) is 17.5 Å². The van der Waals surface area contributed by atoms with E-state index in [4.69, 9.17) is 19.1 Å². The molecule has 5 rings (SSSR count). The van der Waals surface area contributed by atoms with Crippen LogP contribution in [0.25, 0.3) is 11.3 Å². The molecule has 4 heterocycles. The maximum absolute atomic E-state index is 5.48. The quantitative estimate of drug-likeness (QED) is 0.724. The second kappa shape index (κ2) is 6.46. The molecule has 0 N–H and O–H groups in total. The van der Waals surface area contributed by atoms with Gasteiger partial charge in [0.15, 0.2) is 0 Å². The van der Waals surface area contributed by atoms with Gasteiger partial charge in [0.2, 0.25) is 5.95 Å². The molecule has 0 unspecified atom stereocenters. The maximum atomic E-state index is 5.48. The first-order valence-electron chi connectivity index (χ1n) is 8.99. The highest BCUT2D eigenvalue weighted by atomic mass is 16.5. The van der Waals surface area contributed by atoms with E-state index in [9.17, 15) is 0 Å². The molecule has 0 atom stereocenters. The van der Waals surface area contributed by atoms with E-state index in [1.54, 1.807) is 12.5 Å². The second-order valence-electron chi connectivity index (χ2n) is 6.52. The van der Waals surface area contributed by atoms with Gasteiger partial charge in [0.1, 0.15) is 5.82 Å². The number of furan rings is 1. The van der Waals surface area contributed by atoms with Crippen molar-refractivity contribution in [2.24, 2.45) is 0 Å². The van der Waals surface area contributed by atoms with E-state index in [0.29, 0.717) is 13.2 Å². The minimum Gasteiger partial charge on any atom is -0.472 e. The molecular formula is C20H20N4O2. The second-order valence-corrected chi connectivity index (χ2v) is 6.52. The fourth-order valence-electron chi connectivity index (χ4n) is 3.65. The molecule has 3 aromatic rings. The number of hydrogen-bond acceptors (Lipinski definition) is 6. The Kier molecular flexibility index (Phi) is 3.83. The van der Waals surface area contributed by atoms with Crippen molar-refractivity contribution < 1.29 is 9.15 Å². The van der Waals surface area contributed by atoms with Crippen molar-refractivity contribution in [2.75, 3.05) is 42.6 Å². The van der Waals surface area contributed by atoms with Gasteiger partial charge in [-0.05, 0) is 24.6 Å². The van der Waals surface area contributed by atoms with Gasteiger partial charge >= 0.3 is 0 Å². The molecule has 2 aliphatic rings. The van der Waals surface area contributed by atoms with Gasteiger partial charge < -0.3 is 19.0 Å². The third kappa shape index (κ3) is 2.63. The molecule has 1 saturated heterocycles. The first kappa shape index (κ1) is 15.4. The van der Waals surface area contributed by atoms with E-state index in [0.717, 1.165) is 54.8 Å². The Morgan fingerprint density at radius 3 is 2.54 bits per heavy atom. The number of fused-ring (bicyclic) bond motifs is 1. The average Bonchev–Trinajstić information content (AvgIpc) is 3.39. The van der Waals surface area contributed by atoms with Crippen molar-refractivity contribution in [1.82, 2.24) is 9.97 Å². The summed E-state index contributed by atoms with van der Waals surface area (Å²) in [6, 6.07) is 12.4. The third-order valence-electron chi connectivity index (χ3n) is 4.97. The number of nitrogens with zero attached hydrogens (tertiary/aromatic N) is 4. The molecule has 1 aromatic carbocycles. The molecular weight excluding hydrogens is 328 g/mol. The Morgan fingerprint density at radius 1 is 0.923 bits per heavy atom. The summed E-state index contributed by atoms with van der Waals surface area (Å²) >= 11 is 0. The first-order chi connectivity index (χ1) is 12.9. The van der Waals surface area contributed by atoms with E-state index < -0.39 is 0 Å². The zero-order valence-corrected chi connectivity index (χ0v) is 14.5. The number of rotatable bonds is 3. The molecule has 0 saturated carbocycles. The van der Waals surface area contributed by atoms with Crippen LogP contribution in [0, 0.1) is 0 Å². The molecule has 1 fully saturated rings. The van der Waals surface area contributed by atoms with E-state index >= 15 is 0 Å². The average molecular weight is 348 g/mol. The van der Waals surface area contributed by atoms with Gasteiger partial charge in [0.05, 0.1) is 31.4 Å². The number of morpholine rings is 1. The highest BCUT2D eigenvalue weighted by Crippen LogP contribution is 2.39. The Morgan fingerprint density at radius 2 is 1.77 bits per heavy atom. The fourth-order valence-corrected chi connectivity index (χ4v) is 3.65. The summed E-state index contributed by atoms with van der Waals surface area (Å²) in [4.78, 5) is 14.4. The van der Waals surface area contributed by atoms with Crippen LogP contribution in [-0.2, 0) is 11.2 Å². The minimum atomic E-state index is 0.712. The molecule has 2 aromatic heterocycles. The predicted molar refractivity (Wildman–Crippen MR) is 99.9 cm³/mol.